The molecule has 11 aromatic carbocycles. The van der Waals surface area contributed by atoms with E-state index in [4.69, 9.17) is 4.98 Å². The van der Waals surface area contributed by atoms with Crippen molar-refractivity contribution in [1.82, 2.24) is 15.0 Å². The van der Waals surface area contributed by atoms with E-state index in [2.05, 4.69) is 271 Å². The monoisotopic (exact) mass is 1260 g/mol. The second-order valence-corrected chi connectivity index (χ2v) is 21.9. The van der Waals surface area contributed by atoms with Gasteiger partial charge < -0.3 is 9.97 Å². The van der Waals surface area contributed by atoms with E-state index in [0.29, 0.717) is 0 Å². The van der Waals surface area contributed by atoms with Gasteiger partial charge in [0.15, 0.2) is 0 Å². The molecule has 0 N–H and O–H groups in total. The summed E-state index contributed by atoms with van der Waals surface area (Å²) >= 11 is 1.84. The summed E-state index contributed by atoms with van der Waals surface area (Å²) in [5.74, 6) is 0. The van der Waals surface area contributed by atoms with Crippen molar-refractivity contribution >= 4 is 42.4 Å². The summed E-state index contributed by atoms with van der Waals surface area (Å²) in [7, 11) is 0. The molecule has 0 unspecified atom stereocenters. The quantitative estimate of drug-likeness (QED) is 0.121. The number of hydrogen-bond acceptors (Lipinski definition) is 4. The number of para-hydroxylation sites is 1. The van der Waals surface area contributed by atoms with Crippen LogP contribution in [-0.2, 0) is 20.1 Å². The van der Waals surface area contributed by atoms with Gasteiger partial charge >= 0.3 is 20.1 Å². The van der Waals surface area contributed by atoms with E-state index in [1.165, 1.54) is 20.2 Å². The Bertz CT molecular complexity index is 4740. The molecular weight excluding hydrogens is 1220 g/mol. The van der Waals surface area contributed by atoms with Crippen molar-refractivity contribution in [2.24, 2.45) is 0 Å². The van der Waals surface area contributed by atoms with Gasteiger partial charge in [-0.15, -0.1) is 94.8 Å². The Morgan fingerprint density at radius 1 is 0.262 bits per heavy atom. The first kappa shape index (κ1) is 52.1. The molecule has 4 aromatic heterocycles. The Morgan fingerprint density at radius 3 is 1.33 bits per heavy atom. The van der Waals surface area contributed by atoms with Gasteiger partial charge in [0.2, 0.25) is 0 Å². The van der Waals surface area contributed by atoms with Crippen LogP contribution in [0.3, 0.4) is 0 Å². The molecule has 15 rings (SSSR count). The van der Waals surface area contributed by atoms with Crippen LogP contribution in [0.1, 0.15) is 0 Å². The molecule has 5 heteroatoms. The van der Waals surface area contributed by atoms with E-state index in [1.54, 1.807) is 0 Å². The largest absolute Gasteiger partial charge is 3.00 e. The van der Waals surface area contributed by atoms with Crippen molar-refractivity contribution in [2.75, 3.05) is 0 Å². The maximum Gasteiger partial charge on any atom is 3.00 e. The predicted molar refractivity (Wildman–Crippen MR) is 347 cm³/mol. The molecule has 0 amide bonds. The smallest absolute Gasteiger partial charge is 0.305 e. The second kappa shape index (κ2) is 22.7. The average Bonchev–Trinajstić information content (AvgIpc) is 4.14. The van der Waals surface area contributed by atoms with Gasteiger partial charge in [-0.3, -0.25) is 4.98 Å². The van der Waals surface area contributed by atoms with Gasteiger partial charge in [-0.1, -0.05) is 221 Å². The van der Waals surface area contributed by atoms with E-state index in [1.807, 2.05) is 60.1 Å². The van der Waals surface area contributed by atoms with Crippen molar-refractivity contribution in [1.29, 1.82) is 0 Å². The first-order chi connectivity index (χ1) is 41.1. The van der Waals surface area contributed by atoms with Gasteiger partial charge in [0, 0.05) is 38.0 Å². The standard InChI is InChI=1S/C79H48N3S.Ir/c1-2-18-52(19-3-1)73-51-77(82-76-30-12-10-26-69(73)76)58-41-42-68(72(49-58)57-40-43-71-70-27-11-13-31-78(70)83-79(71)50-57)67-25-9-8-24-66(67)61-47-59(64-22-6-4-20-62(64)53-32-36-55(37-33-53)74-28-14-16-44-80-74)46-60(48-61)65-23-7-5-21-63(65)54-34-38-56(39-35-54)75-29-15-17-45-81-75;/h1-36,38,40,42-51H;/q-3;+3. The summed E-state index contributed by atoms with van der Waals surface area (Å²) in [5.41, 5.74) is 24.1. The molecule has 0 fully saturated rings. The van der Waals surface area contributed by atoms with Crippen molar-refractivity contribution in [3.8, 4) is 123 Å². The van der Waals surface area contributed by atoms with Crippen molar-refractivity contribution < 1.29 is 20.1 Å². The number of fused-ring (bicyclic) bond motifs is 4. The summed E-state index contributed by atoms with van der Waals surface area (Å²) in [6.07, 6.45) is 3.65. The van der Waals surface area contributed by atoms with Crippen LogP contribution in [0.15, 0.2) is 291 Å². The normalized spacial score (nSPS) is 11.2. The number of nitrogens with zero attached hydrogens (tertiary/aromatic N) is 3. The van der Waals surface area contributed by atoms with Gasteiger partial charge in [0.1, 0.15) is 0 Å². The van der Waals surface area contributed by atoms with Crippen LogP contribution in [-0.4, -0.2) is 15.0 Å². The first-order valence-electron chi connectivity index (χ1n) is 27.9. The van der Waals surface area contributed by atoms with Crippen LogP contribution < -0.4 is 0 Å². The molecule has 0 aliphatic rings. The van der Waals surface area contributed by atoms with Crippen LogP contribution in [0, 0.1) is 18.2 Å². The molecule has 0 atom stereocenters. The molecule has 15 aromatic rings. The fourth-order valence-corrected chi connectivity index (χ4v) is 12.9. The number of benzene rings is 11. The van der Waals surface area contributed by atoms with E-state index in [0.717, 1.165) is 134 Å². The Morgan fingerprint density at radius 2 is 0.750 bits per heavy atom. The zero-order chi connectivity index (χ0) is 55.1. The molecule has 3 nitrogen and oxygen atoms in total. The third-order valence-electron chi connectivity index (χ3n) is 15.8. The Kier molecular flexibility index (Phi) is 14.1. The van der Waals surface area contributed by atoms with Crippen LogP contribution in [0.4, 0.5) is 0 Å². The minimum Gasteiger partial charge on any atom is -0.305 e. The van der Waals surface area contributed by atoms with Gasteiger partial charge in [-0.05, 0) is 116 Å². The molecule has 84 heavy (non-hydrogen) atoms. The Labute approximate surface area is 506 Å². The van der Waals surface area contributed by atoms with E-state index < -0.39 is 0 Å². The second-order valence-electron chi connectivity index (χ2n) is 20.8. The minimum atomic E-state index is 0. The SMILES string of the molecule is [Ir+3].[c-]1cc(-c2ccccc2-c2cc(-c3ccccc3-c3c[c-]c(-c4ccccn4)cc3)cc(-c3ccccc3-c3c[c-]c(-c4cc(-c5ccccc5)c5ccccc5n4)cc3-c3ccc4c(c3)sc3ccccc34)c2)ccc1-c1ccccn1. The Hall–Kier alpha value is -10.0. The molecule has 0 spiro atoms. The van der Waals surface area contributed by atoms with Crippen LogP contribution in [0.5, 0.6) is 0 Å². The third-order valence-corrected chi connectivity index (χ3v) is 16.9. The van der Waals surface area contributed by atoms with E-state index in [9.17, 15) is 0 Å². The molecule has 0 bridgehead atoms. The van der Waals surface area contributed by atoms with Crippen LogP contribution in [0.2, 0.25) is 0 Å². The molecule has 394 valence electrons. The molecule has 0 radical (unpaired) electrons. The molecule has 0 saturated heterocycles. The average molecular weight is 1260 g/mol. The number of rotatable bonds is 11. The maximum absolute atomic E-state index is 5.35. The number of aromatic nitrogens is 3. The zero-order valence-corrected chi connectivity index (χ0v) is 48.5. The summed E-state index contributed by atoms with van der Waals surface area (Å²) in [6, 6.07) is 111. The summed E-state index contributed by atoms with van der Waals surface area (Å²) in [4.78, 5) is 14.6. The fourth-order valence-electron chi connectivity index (χ4n) is 11.7. The maximum atomic E-state index is 5.35. The van der Waals surface area contributed by atoms with Gasteiger partial charge in [-0.25, -0.2) is 0 Å². The van der Waals surface area contributed by atoms with Gasteiger partial charge in [0.25, 0.3) is 0 Å². The molecule has 0 aliphatic carbocycles. The van der Waals surface area contributed by atoms with E-state index >= 15 is 0 Å². The van der Waals surface area contributed by atoms with Crippen molar-refractivity contribution in [3.05, 3.63) is 310 Å². The number of pyridine rings is 3. The Balaban J connectivity index is 0.00000627. The summed E-state index contributed by atoms with van der Waals surface area (Å²) in [5, 5.41) is 3.65. The minimum absolute atomic E-state index is 0. The fraction of sp³-hybridized carbons (Fsp3) is 0. The third kappa shape index (κ3) is 9.95. The summed E-state index contributed by atoms with van der Waals surface area (Å²) < 4.78 is 2.52. The molecule has 0 aliphatic heterocycles. The zero-order valence-electron chi connectivity index (χ0n) is 45.3. The topological polar surface area (TPSA) is 38.7 Å². The molecule has 0 saturated carbocycles. The van der Waals surface area contributed by atoms with E-state index in [-0.39, 0.29) is 20.1 Å². The molecule has 4 heterocycles. The van der Waals surface area contributed by atoms with Crippen LogP contribution >= 0.6 is 11.3 Å². The van der Waals surface area contributed by atoms with Crippen molar-refractivity contribution in [2.45, 2.75) is 0 Å². The van der Waals surface area contributed by atoms with Crippen molar-refractivity contribution in [3.63, 3.8) is 0 Å². The van der Waals surface area contributed by atoms with Gasteiger partial charge in [-0.2, -0.15) is 0 Å². The van der Waals surface area contributed by atoms with Gasteiger partial charge in [0.05, 0.1) is 5.52 Å². The first-order valence-corrected chi connectivity index (χ1v) is 28.7. The number of thiophene rings is 1. The predicted octanol–water partition coefficient (Wildman–Crippen LogP) is 21.1. The number of hydrogen-bond donors (Lipinski definition) is 0. The van der Waals surface area contributed by atoms with Crippen LogP contribution in [0.25, 0.3) is 154 Å². The molecular formula is C79H48IrN3S. The summed E-state index contributed by atoms with van der Waals surface area (Å²) in [6.45, 7) is 0.